The highest BCUT2D eigenvalue weighted by molar-refractivity contribution is 5.73. The van der Waals surface area contributed by atoms with E-state index in [1.807, 2.05) is 12.1 Å². The predicted molar refractivity (Wildman–Crippen MR) is 144 cm³/mol. The molecule has 2 aliphatic heterocycles. The van der Waals surface area contributed by atoms with E-state index in [2.05, 4.69) is 85.4 Å². The summed E-state index contributed by atoms with van der Waals surface area (Å²) in [6, 6.07) is 21.3. The molecule has 0 fully saturated rings. The Bertz CT molecular complexity index is 1220. The SMILES string of the molecule is Cc1cccc2c1CN(CC(O)COc1cccc(-c3ccc4c(c3)C(C)C(C)CC=N4)c1)CC2. The van der Waals surface area contributed by atoms with Crippen molar-refractivity contribution in [3.8, 4) is 16.9 Å². The fourth-order valence-electron chi connectivity index (χ4n) is 5.31. The van der Waals surface area contributed by atoms with Gasteiger partial charge in [0.1, 0.15) is 18.5 Å². The zero-order valence-electron chi connectivity index (χ0n) is 21.1. The quantitative estimate of drug-likeness (QED) is 0.461. The Kier molecular flexibility index (Phi) is 7.03. The first-order valence-electron chi connectivity index (χ1n) is 12.9. The van der Waals surface area contributed by atoms with Gasteiger partial charge in [0.05, 0.1) is 5.69 Å². The molecular formula is C31H36N2O2. The van der Waals surface area contributed by atoms with Crippen LogP contribution in [0.1, 0.15) is 48.4 Å². The van der Waals surface area contributed by atoms with Gasteiger partial charge in [0, 0.05) is 25.8 Å². The maximum absolute atomic E-state index is 10.7. The lowest BCUT2D eigenvalue weighted by Gasteiger charge is -2.31. The predicted octanol–water partition coefficient (Wildman–Crippen LogP) is 6.31. The van der Waals surface area contributed by atoms with Gasteiger partial charge in [-0.05, 0) is 89.2 Å². The van der Waals surface area contributed by atoms with Crippen molar-refractivity contribution in [1.82, 2.24) is 4.90 Å². The zero-order valence-corrected chi connectivity index (χ0v) is 21.1. The minimum absolute atomic E-state index is 0.286. The molecule has 0 bridgehead atoms. The Balaban J connectivity index is 1.22. The van der Waals surface area contributed by atoms with Crippen LogP contribution in [-0.2, 0) is 13.0 Å². The summed E-state index contributed by atoms with van der Waals surface area (Å²) < 4.78 is 6.04. The lowest BCUT2D eigenvalue weighted by Crippen LogP contribution is -2.39. The van der Waals surface area contributed by atoms with E-state index >= 15 is 0 Å². The van der Waals surface area contributed by atoms with Crippen molar-refractivity contribution in [3.05, 3.63) is 82.9 Å². The van der Waals surface area contributed by atoms with Crippen LogP contribution in [0.3, 0.4) is 0 Å². The molecule has 3 atom stereocenters. The van der Waals surface area contributed by atoms with Crippen LogP contribution in [0.5, 0.6) is 5.75 Å². The molecular weight excluding hydrogens is 432 g/mol. The van der Waals surface area contributed by atoms with Gasteiger partial charge in [0.2, 0.25) is 0 Å². The first kappa shape index (κ1) is 23.8. The van der Waals surface area contributed by atoms with Gasteiger partial charge in [-0.25, -0.2) is 0 Å². The smallest absolute Gasteiger partial charge is 0.120 e. The van der Waals surface area contributed by atoms with E-state index in [9.17, 15) is 5.11 Å². The zero-order chi connectivity index (χ0) is 24.4. The van der Waals surface area contributed by atoms with E-state index in [1.54, 1.807) is 0 Å². The van der Waals surface area contributed by atoms with Gasteiger partial charge in [0.15, 0.2) is 0 Å². The van der Waals surface area contributed by atoms with Crippen LogP contribution < -0.4 is 4.74 Å². The molecule has 1 N–H and O–H groups in total. The Morgan fingerprint density at radius 2 is 1.89 bits per heavy atom. The number of nitrogens with zero attached hydrogens (tertiary/aromatic N) is 2. The summed E-state index contributed by atoms with van der Waals surface area (Å²) in [5.74, 6) is 1.83. The molecule has 0 saturated carbocycles. The van der Waals surface area contributed by atoms with Crippen LogP contribution in [0.15, 0.2) is 65.7 Å². The van der Waals surface area contributed by atoms with E-state index in [4.69, 9.17) is 4.74 Å². The van der Waals surface area contributed by atoms with Gasteiger partial charge in [-0.3, -0.25) is 9.89 Å². The van der Waals surface area contributed by atoms with Crippen LogP contribution in [0.25, 0.3) is 11.1 Å². The molecule has 0 radical (unpaired) electrons. The standard InChI is InChI=1S/C31H36N2O2/c1-21-12-14-32-31-11-10-26(17-29(31)23(21)3)25-8-5-9-28(16-25)35-20-27(34)18-33-15-13-24-7-4-6-22(2)30(24)19-33/h4-11,14,16-17,21,23,27,34H,12-13,15,18-20H2,1-3H3. The molecule has 0 aromatic heterocycles. The number of β-amino-alcohol motifs (C(OH)–C–C–N with tert-alkyl or cyclic N) is 1. The Labute approximate surface area is 209 Å². The van der Waals surface area contributed by atoms with E-state index in [1.165, 1.54) is 27.8 Å². The lowest BCUT2D eigenvalue weighted by molar-refractivity contribution is 0.0637. The van der Waals surface area contributed by atoms with Crippen molar-refractivity contribution in [2.75, 3.05) is 19.7 Å². The monoisotopic (exact) mass is 468 g/mol. The molecule has 5 rings (SSSR count). The fourth-order valence-corrected chi connectivity index (χ4v) is 5.31. The van der Waals surface area contributed by atoms with Gasteiger partial charge in [0.25, 0.3) is 0 Å². The normalized spacial score (nSPS) is 20.6. The highest BCUT2D eigenvalue weighted by Crippen LogP contribution is 2.38. The largest absolute Gasteiger partial charge is 0.491 e. The van der Waals surface area contributed by atoms with E-state index < -0.39 is 6.10 Å². The molecule has 3 aromatic rings. The minimum atomic E-state index is -0.531. The number of aliphatic imine (C=N–C) groups is 1. The van der Waals surface area contributed by atoms with Crippen molar-refractivity contribution in [2.45, 2.75) is 52.2 Å². The third-order valence-corrected chi connectivity index (χ3v) is 7.74. The first-order chi connectivity index (χ1) is 17.0. The van der Waals surface area contributed by atoms with Gasteiger partial charge < -0.3 is 9.84 Å². The summed E-state index contributed by atoms with van der Waals surface area (Å²) in [6.07, 6.45) is 3.57. The van der Waals surface area contributed by atoms with Crippen molar-refractivity contribution >= 4 is 11.9 Å². The lowest BCUT2D eigenvalue weighted by atomic mass is 9.86. The number of hydrogen-bond acceptors (Lipinski definition) is 4. The highest BCUT2D eigenvalue weighted by Gasteiger charge is 2.21. The topological polar surface area (TPSA) is 45.1 Å². The van der Waals surface area contributed by atoms with Gasteiger partial charge in [-0.15, -0.1) is 0 Å². The summed E-state index contributed by atoms with van der Waals surface area (Å²) in [5, 5.41) is 10.7. The molecule has 4 heteroatoms. The molecule has 0 amide bonds. The summed E-state index contributed by atoms with van der Waals surface area (Å²) in [5.41, 5.74) is 8.87. The average molecular weight is 469 g/mol. The number of ether oxygens (including phenoxy) is 1. The molecule has 0 aliphatic carbocycles. The summed E-state index contributed by atoms with van der Waals surface area (Å²) >= 11 is 0. The number of aliphatic hydroxyl groups excluding tert-OH is 1. The number of aliphatic hydroxyl groups is 1. The molecule has 182 valence electrons. The second kappa shape index (κ2) is 10.3. The number of fused-ring (bicyclic) bond motifs is 2. The number of aryl methyl sites for hydroxylation is 1. The van der Waals surface area contributed by atoms with Gasteiger partial charge in [-0.1, -0.05) is 50.2 Å². The summed E-state index contributed by atoms with van der Waals surface area (Å²) in [4.78, 5) is 7.01. The average Bonchev–Trinajstić information content (AvgIpc) is 3.01. The van der Waals surface area contributed by atoms with Crippen LogP contribution in [-0.4, -0.2) is 42.0 Å². The van der Waals surface area contributed by atoms with Crippen molar-refractivity contribution in [1.29, 1.82) is 0 Å². The van der Waals surface area contributed by atoms with E-state index in [0.29, 0.717) is 18.4 Å². The molecule has 3 unspecified atom stereocenters. The van der Waals surface area contributed by atoms with Crippen LogP contribution in [0.4, 0.5) is 5.69 Å². The number of benzene rings is 3. The van der Waals surface area contributed by atoms with Crippen LogP contribution in [0, 0.1) is 12.8 Å². The van der Waals surface area contributed by atoms with E-state index in [-0.39, 0.29) is 6.61 Å². The Hall–Kier alpha value is -2.95. The first-order valence-corrected chi connectivity index (χ1v) is 12.9. The maximum atomic E-state index is 10.7. The summed E-state index contributed by atoms with van der Waals surface area (Å²) in [6.45, 7) is 9.54. The number of hydrogen-bond donors (Lipinski definition) is 1. The summed E-state index contributed by atoms with van der Waals surface area (Å²) in [7, 11) is 0. The third kappa shape index (κ3) is 5.34. The van der Waals surface area contributed by atoms with Crippen LogP contribution >= 0.6 is 0 Å². The molecule has 2 heterocycles. The fraction of sp³-hybridized carbons (Fsp3) is 0.387. The number of rotatable bonds is 6. The molecule has 0 saturated heterocycles. The molecule has 35 heavy (non-hydrogen) atoms. The molecule has 2 aliphatic rings. The second-order valence-electron chi connectivity index (χ2n) is 10.3. The van der Waals surface area contributed by atoms with Gasteiger partial charge >= 0.3 is 0 Å². The van der Waals surface area contributed by atoms with E-state index in [0.717, 1.165) is 42.9 Å². The van der Waals surface area contributed by atoms with Crippen molar-refractivity contribution in [3.63, 3.8) is 0 Å². The maximum Gasteiger partial charge on any atom is 0.120 e. The molecule has 0 spiro atoms. The van der Waals surface area contributed by atoms with Crippen molar-refractivity contribution in [2.24, 2.45) is 10.9 Å². The Morgan fingerprint density at radius 1 is 1.06 bits per heavy atom. The minimum Gasteiger partial charge on any atom is -0.491 e. The van der Waals surface area contributed by atoms with Crippen LogP contribution in [0.2, 0.25) is 0 Å². The van der Waals surface area contributed by atoms with Crippen molar-refractivity contribution < 1.29 is 9.84 Å². The Morgan fingerprint density at radius 3 is 2.77 bits per heavy atom. The second-order valence-corrected chi connectivity index (χ2v) is 10.3. The molecule has 4 nitrogen and oxygen atoms in total. The third-order valence-electron chi connectivity index (χ3n) is 7.74. The van der Waals surface area contributed by atoms with Gasteiger partial charge in [-0.2, -0.15) is 0 Å². The molecule has 3 aromatic carbocycles. The highest BCUT2D eigenvalue weighted by atomic mass is 16.5.